The molecule has 0 bridgehead atoms. The lowest BCUT2D eigenvalue weighted by Crippen LogP contribution is -2.40. The molecule has 0 aliphatic carbocycles. The molecule has 2 aromatic rings. The number of carbonyl (C=O) groups is 1. The van der Waals surface area contributed by atoms with Gasteiger partial charge in [-0.3, -0.25) is 4.79 Å². The molecular weight excluding hydrogens is 356 g/mol. The fourth-order valence-electron chi connectivity index (χ4n) is 2.94. The van der Waals surface area contributed by atoms with E-state index in [1.54, 1.807) is 18.3 Å². The zero-order chi connectivity index (χ0) is 19.9. The van der Waals surface area contributed by atoms with Crippen LogP contribution in [0.4, 0.5) is 5.69 Å². The quantitative estimate of drug-likeness (QED) is 0.670. The molecule has 0 spiro atoms. The number of hydrogen-bond acceptors (Lipinski definition) is 7. The van der Waals surface area contributed by atoms with Crippen LogP contribution in [0.3, 0.4) is 0 Å². The number of ether oxygens (including phenoxy) is 1. The van der Waals surface area contributed by atoms with Crippen LogP contribution in [0.2, 0.25) is 0 Å². The molecule has 146 valence electrons. The zero-order valence-electron chi connectivity index (χ0n) is 16.0. The van der Waals surface area contributed by atoms with Gasteiger partial charge in [0.2, 0.25) is 5.88 Å². The highest BCUT2D eigenvalue weighted by atomic mass is 16.5. The number of amides is 1. The maximum Gasteiger partial charge on any atom is 0.252 e. The van der Waals surface area contributed by atoms with Gasteiger partial charge in [-0.2, -0.15) is 5.26 Å². The largest absolute Gasteiger partial charge is 0.470 e. The third-order valence-electron chi connectivity index (χ3n) is 4.54. The molecular formula is C20H24N6O2. The SMILES string of the molecule is CCNC(=O)c1cnc2c(c1)NCC(CNCC(C)c1ccc(C#N)nc1)O2. The highest BCUT2D eigenvalue weighted by molar-refractivity contribution is 5.95. The molecule has 0 saturated carbocycles. The minimum absolute atomic E-state index is 0.0541. The summed E-state index contributed by atoms with van der Waals surface area (Å²) in [4.78, 5) is 20.3. The van der Waals surface area contributed by atoms with Crippen LogP contribution in [0.5, 0.6) is 5.88 Å². The molecule has 1 amide bonds. The molecule has 0 saturated heterocycles. The summed E-state index contributed by atoms with van der Waals surface area (Å²) in [6.07, 6.45) is 3.22. The smallest absolute Gasteiger partial charge is 0.252 e. The summed E-state index contributed by atoms with van der Waals surface area (Å²) in [6, 6.07) is 7.45. The first kappa shape index (κ1) is 19.6. The van der Waals surface area contributed by atoms with Gasteiger partial charge in [-0.05, 0) is 30.5 Å². The van der Waals surface area contributed by atoms with E-state index in [-0.39, 0.29) is 17.9 Å². The number of nitriles is 1. The van der Waals surface area contributed by atoms with Gasteiger partial charge >= 0.3 is 0 Å². The lowest BCUT2D eigenvalue weighted by Gasteiger charge is -2.27. The van der Waals surface area contributed by atoms with Crippen LogP contribution in [0.25, 0.3) is 0 Å². The summed E-state index contributed by atoms with van der Waals surface area (Å²) in [6.45, 7) is 6.62. The van der Waals surface area contributed by atoms with Crippen LogP contribution in [0.15, 0.2) is 30.6 Å². The van der Waals surface area contributed by atoms with E-state index in [0.29, 0.717) is 36.8 Å². The Morgan fingerprint density at radius 3 is 3.00 bits per heavy atom. The second kappa shape index (κ2) is 9.15. The van der Waals surface area contributed by atoms with E-state index in [2.05, 4.69) is 32.8 Å². The van der Waals surface area contributed by atoms with Gasteiger partial charge in [0.25, 0.3) is 5.91 Å². The predicted molar refractivity (Wildman–Crippen MR) is 105 cm³/mol. The molecule has 28 heavy (non-hydrogen) atoms. The average molecular weight is 380 g/mol. The lowest BCUT2D eigenvalue weighted by atomic mass is 10.0. The molecule has 8 nitrogen and oxygen atoms in total. The summed E-state index contributed by atoms with van der Waals surface area (Å²) in [5.74, 6) is 0.631. The Bertz CT molecular complexity index is 862. The van der Waals surface area contributed by atoms with E-state index in [4.69, 9.17) is 10.00 Å². The first-order chi connectivity index (χ1) is 13.6. The summed E-state index contributed by atoms with van der Waals surface area (Å²) in [7, 11) is 0. The molecule has 0 aromatic carbocycles. The summed E-state index contributed by atoms with van der Waals surface area (Å²) in [5, 5.41) is 18.3. The van der Waals surface area contributed by atoms with Gasteiger partial charge in [-0.25, -0.2) is 9.97 Å². The Morgan fingerprint density at radius 2 is 2.29 bits per heavy atom. The average Bonchev–Trinajstić information content (AvgIpc) is 2.73. The van der Waals surface area contributed by atoms with Crippen LogP contribution in [0.1, 0.15) is 41.4 Å². The van der Waals surface area contributed by atoms with Crippen molar-refractivity contribution in [3.8, 4) is 11.9 Å². The standard InChI is InChI=1S/C20H24N6O2/c1-3-23-19(27)15-6-18-20(26-10-15)28-17(12-25-18)11-22-8-13(2)14-4-5-16(7-21)24-9-14/h4-6,9-10,13,17,22,25H,3,8,11-12H2,1-2H3,(H,23,27). The van der Waals surface area contributed by atoms with Crippen molar-refractivity contribution in [3.63, 3.8) is 0 Å². The van der Waals surface area contributed by atoms with Crippen molar-refractivity contribution in [2.45, 2.75) is 25.9 Å². The molecule has 2 atom stereocenters. The molecule has 3 N–H and O–H groups in total. The molecule has 0 radical (unpaired) electrons. The number of carbonyl (C=O) groups excluding carboxylic acids is 1. The molecule has 1 aliphatic rings. The van der Waals surface area contributed by atoms with Gasteiger partial charge in [-0.15, -0.1) is 0 Å². The fraction of sp³-hybridized carbons (Fsp3) is 0.400. The van der Waals surface area contributed by atoms with Gasteiger partial charge in [0.15, 0.2) is 0 Å². The minimum Gasteiger partial charge on any atom is -0.470 e. The highest BCUT2D eigenvalue weighted by Gasteiger charge is 2.21. The number of nitrogens with zero attached hydrogens (tertiary/aromatic N) is 3. The zero-order valence-corrected chi connectivity index (χ0v) is 16.0. The first-order valence-electron chi connectivity index (χ1n) is 9.36. The minimum atomic E-state index is -0.144. The Morgan fingerprint density at radius 1 is 1.43 bits per heavy atom. The topological polar surface area (TPSA) is 112 Å². The predicted octanol–water partition coefficient (Wildman–Crippen LogP) is 1.66. The van der Waals surface area contributed by atoms with Crippen molar-refractivity contribution in [2.75, 3.05) is 31.5 Å². The number of nitrogens with one attached hydrogen (secondary N) is 3. The van der Waals surface area contributed by atoms with Gasteiger partial charge in [0, 0.05) is 32.0 Å². The summed E-state index contributed by atoms with van der Waals surface area (Å²) in [5.41, 5.74) is 2.75. The van der Waals surface area contributed by atoms with Crippen molar-refractivity contribution in [2.24, 2.45) is 0 Å². The molecule has 2 unspecified atom stereocenters. The van der Waals surface area contributed by atoms with E-state index >= 15 is 0 Å². The summed E-state index contributed by atoms with van der Waals surface area (Å²) >= 11 is 0. The lowest BCUT2D eigenvalue weighted by molar-refractivity contribution is 0.0955. The van der Waals surface area contributed by atoms with Crippen molar-refractivity contribution < 1.29 is 9.53 Å². The van der Waals surface area contributed by atoms with Crippen LogP contribution in [0, 0.1) is 11.3 Å². The van der Waals surface area contributed by atoms with Crippen LogP contribution < -0.4 is 20.7 Å². The number of aromatic nitrogens is 2. The maximum absolute atomic E-state index is 11.9. The van der Waals surface area contributed by atoms with Gasteiger partial charge < -0.3 is 20.7 Å². The van der Waals surface area contributed by atoms with E-state index in [9.17, 15) is 4.79 Å². The van der Waals surface area contributed by atoms with Gasteiger partial charge in [0.05, 0.1) is 17.8 Å². The van der Waals surface area contributed by atoms with Crippen molar-refractivity contribution in [1.29, 1.82) is 5.26 Å². The van der Waals surface area contributed by atoms with Crippen molar-refractivity contribution in [1.82, 2.24) is 20.6 Å². The number of hydrogen-bond donors (Lipinski definition) is 3. The molecule has 0 fully saturated rings. The van der Waals surface area contributed by atoms with E-state index in [0.717, 1.165) is 17.8 Å². The second-order valence-corrected chi connectivity index (χ2v) is 6.70. The number of anilines is 1. The summed E-state index contributed by atoms with van der Waals surface area (Å²) < 4.78 is 5.93. The van der Waals surface area contributed by atoms with E-state index in [1.165, 1.54) is 6.20 Å². The van der Waals surface area contributed by atoms with E-state index < -0.39 is 0 Å². The Hall–Kier alpha value is -3.18. The third kappa shape index (κ3) is 4.75. The van der Waals surface area contributed by atoms with Gasteiger partial charge in [-0.1, -0.05) is 13.0 Å². The number of fused-ring (bicyclic) bond motifs is 1. The first-order valence-corrected chi connectivity index (χ1v) is 9.36. The monoisotopic (exact) mass is 380 g/mol. The highest BCUT2D eigenvalue weighted by Crippen LogP contribution is 2.27. The fourth-order valence-corrected chi connectivity index (χ4v) is 2.94. The molecule has 3 rings (SSSR count). The Kier molecular flexibility index (Phi) is 6.40. The molecule has 1 aliphatic heterocycles. The second-order valence-electron chi connectivity index (χ2n) is 6.70. The van der Waals surface area contributed by atoms with E-state index in [1.807, 2.05) is 19.1 Å². The van der Waals surface area contributed by atoms with Crippen molar-refractivity contribution in [3.05, 3.63) is 47.4 Å². The van der Waals surface area contributed by atoms with Gasteiger partial charge in [0.1, 0.15) is 17.9 Å². The van der Waals surface area contributed by atoms with Crippen molar-refractivity contribution >= 4 is 11.6 Å². The number of rotatable bonds is 7. The molecule has 3 heterocycles. The normalized spacial score (nSPS) is 16.1. The third-order valence-corrected chi connectivity index (χ3v) is 4.54. The van der Waals surface area contributed by atoms with Crippen LogP contribution in [-0.4, -0.2) is 48.2 Å². The molecule has 8 heteroatoms. The number of pyridine rings is 2. The Labute approximate surface area is 164 Å². The maximum atomic E-state index is 11.9. The van der Waals surface area contributed by atoms with Crippen LogP contribution >= 0.6 is 0 Å². The van der Waals surface area contributed by atoms with Crippen LogP contribution in [-0.2, 0) is 0 Å². The Balaban J connectivity index is 1.49. The molecule has 2 aromatic heterocycles.